The van der Waals surface area contributed by atoms with Crippen molar-refractivity contribution < 1.29 is 19.1 Å². The Morgan fingerprint density at radius 2 is 1.27 bits per heavy atom. The summed E-state index contributed by atoms with van der Waals surface area (Å²) >= 11 is 0. The third-order valence-corrected chi connectivity index (χ3v) is 6.02. The molecule has 0 fully saturated rings. The molecule has 0 aliphatic heterocycles. The van der Waals surface area contributed by atoms with E-state index in [-0.39, 0.29) is 26.1 Å². The number of esters is 2. The fourth-order valence-corrected chi connectivity index (χ4v) is 4.44. The van der Waals surface area contributed by atoms with Crippen molar-refractivity contribution in [2.75, 3.05) is 13.2 Å². The normalized spacial score (nSPS) is 11.5. The molecule has 0 saturated carbocycles. The zero-order valence-electron chi connectivity index (χ0n) is 19.0. The van der Waals surface area contributed by atoms with Crippen molar-refractivity contribution in [3.63, 3.8) is 0 Å². The van der Waals surface area contributed by atoms with Crippen LogP contribution < -0.4 is 0 Å². The molecular formula is C29H28O4. The lowest BCUT2D eigenvalue weighted by molar-refractivity contribution is -0.172. The largest absolute Gasteiger partial charge is 0.465 e. The van der Waals surface area contributed by atoms with Crippen LogP contribution in [-0.4, -0.2) is 25.2 Å². The van der Waals surface area contributed by atoms with Crippen LogP contribution in [0.4, 0.5) is 0 Å². The average molecular weight is 441 g/mol. The highest BCUT2D eigenvalue weighted by molar-refractivity contribution is 6.01. The van der Waals surface area contributed by atoms with Crippen LogP contribution >= 0.6 is 0 Å². The van der Waals surface area contributed by atoms with Crippen molar-refractivity contribution in [2.45, 2.75) is 26.7 Å². The van der Waals surface area contributed by atoms with Crippen LogP contribution in [0.1, 0.15) is 25.0 Å². The SMILES string of the molecule is CCOC(=O)C(Cc1ccc2ccccc2c1)(Cc1cccc2ccccc12)C(=O)OCC. The van der Waals surface area contributed by atoms with Crippen LogP contribution in [0.25, 0.3) is 21.5 Å². The number of ether oxygens (including phenoxy) is 2. The second-order valence-electron chi connectivity index (χ2n) is 8.20. The highest BCUT2D eigenvalue weighted by Gasteiger charge is 2.49. The fraction of sp³-hybridized carbons (Fsp3) is 0.241. The molecule has 0 aliphatic rings. The molecule has 0 radical (unpaired) electrons. The molecule has 0 spiro atoms. The summed E-state index contributed by atoms with van der Waals surface area (Å²) in [7, 11) is 0. The summed E-state index contributed by atoms with van der Waals surface area (Å²) in [5.41, 5.74) is 0.309. The van der Waals surface area contributed by atoms with Crippen molar-refractivity contribution >= 4 is 33.5 Å². The standard InChI is InChI=1S/C29H28O4/c1-3-32-27(30)29(28(31)33-4-2,19-21-16-17-22-10-5-6-12-24(22)18-21)20-25-14-9-13-23-11-7-8-15-26(23)25/h5-18H,3-4,19-20H2,1-2H3. The smallest absolute Gasteiger partial charge is 0.324 e. The number of rotatable bonds is 8. The minimum absolute atomic E-state index is 0.188. The maximum atomic E-state index is 13.5. The lowest BCUT2D eigenvalue weighted by atomic mass is 9.75. The predicted octanol–water partition coefficient (Wildman–Crippen LogP) is 5.89. The van der Waals surface area contributed by atoms with Crippen LogP contribution in [-0.2, 0) is 31.9 Å². The van der Waals surface area contributed by atoms with E-state index in [0.717, 1.165) is 32.7 Å². The molecule has 0 aliphatic carbocycles. The van der Waals surface area contributed by atoms with E-state index in [1.165, 1.54) is 0 Å². The molecule has 0 amide bonds. The van der Waals surface area contributed by atoms with Gasteiger partial charge < -0.3 is 9.47 Å². The second kappa shape index (κ2) is 9.86. The number of carbonyl (C=O) groups is 2. The molecule has 0 saturated heterocycles. The summed E-state index contributed by atoms with van der Waals surface area (Å²) < 4.78 is 11.0. The number of carbonyl (C=O) groups excluding carboxylic acids is 2. The summed E-state index contributed by atoms with van der Waals surface area (Å²) in [6.45, 7) is 3.88. The second-order valence-corrected chi connectivity index (χ2v) is 8.20. The first-order valence-electron chi connectivity index (χ1n) is 11.4. The van der Waals surface area contributed by atoms with Crippen LogP contribution in [0.15, 0.2) is 84.9 Å². The third-order valence-electron chi connectivity index (χ3n) is 6.02. The van der Waals surface area contributed by atoms with Crippen LogP contribution in [0.2, 0.25) is 0 Å². The van der Waals surface area contributed by atoms with E-state index in [1.807, 2.05) is 84.9 Å². The third kappa shape index (κ3) is 4.61. The Hall–Kier alpha value is -3.66. The van der Waals surface area contributed by atoms with Crippen molar-refractivity contribution in [1.82, 2.24) is 0 Å². The molecule has 0 aromatic heterocycles. The Labute approximate surface area is 194 Å². The van der Waals surface area contributed by atoms with Gasteiger partial charge in [0.1, 0.15) is 0 Å². The van der Waals surface area contributed by atoms with Crippen molar-refractivity contribution in [2.24, 2.45) is 5.41 Å². The molecular weight excluding hydrogens is 412 g/mol. The van der Waals surface area contributed by atoms with Gasteiger partial charge in [0, 0.05) is 6.42 Å². The summed E-state index contributed by atoms with van der Waals surface area (Å²) in [6.07, 6.45) is 0.386. The van der Waals surface area contributed by atoms with Gasteiger partial charge in [-0.25, -0.2) is 0 Å². The van der Waals surface area contributed by atoms with Crippen molar-refractivity contribution in [3.05, 3.63) is 96.1 Å². The Morgan fingerprint density at radius 3 is 1.97 bits per heavy atom. The van der Waals surface area contributed by atoms with E-state index in [2.05, 4.69) is 0 Å². The van der Waals surface area contributed by atoms with E-state index in [4.69, 9.17) is 9.47 Å². The van der Waals surface area contributed by atoms with Gasteiger partial charge in [0.25, 0.3) is 0 Å². The quantitative estimate of drug-likeness (QED) is 0.253. The van der Waals surface area contributed by atoms with Crippen LogP contribution in [0, 0.1) is 5.41 Å². The van der Waals surface area contributed by atoms with Gasteiger partial charge in [0.2, 0.25) is 0 Å². The molecule has 0 heterocycles. The summed E-state index contributed by atoms with van der Waals surface area (Å²) in [5, 5.41) is 4.23. The van der Waals surface area contributed by atoms with Gasteiger partial charge in [-0.1, -0.05) is 84.9 Å². The molecule has 0 N–H and O–H groups in total. The van der Waals surface area contributed by atoms with Gasteiger partial charge >= 0.3 is 11.9 Å². The van der Waals surface area contributed by atoms with E-state index in [0.29, 0.717) is 0 Å². The van der Waals surface area contributed by atoms with Crippen molar-refractivity contribution in [1.29, 1.82) is 0 Å². The van der Waals surface area contributed by atoms with Gasteiger partial charge in [0.05, 0.1) is 13.2 Å². The van der Waals surface area contributed by atoms with Gasteiger partial charge in [-0.3, -0.25) is 9.59 Å². The van der Waals surface area contributed by atoms with Gasteiger partial charge in [-0.15, -0.1) is 0 Å². The zero-order chi connectivity index (χ0) is 23.3. The summed E-state index contributed by atoms with van der Waals surface area (Å²) in [6, 6.07) is 28.0. The van der Waals surface area contributed by atoms with E-state index in [9.17, 15) is 9.59 Å². The summed E-state index contributed by atoms with van der Waals surface area (Å²) in [5.74, 6) is -1.10. The van der Waals surface area contributed by atoms with Crippen molar-refractivity contribution in [3.8, 4) is 0 Å². The maximum Gasteiger partial charge on any atom is 0.324 e. The maximum absolute atomic E-state index is 13.5. The molecule has 4 heteroatoms. The zero-order valence-corrected chi connectivity index (χ0v) is 19.0. The van der Waals surface area contributed by atoms with Crippen LogP contribution in [0.3, 0.4) is 0 Å². The molecule has 4 rings (SSSR count). The topological polar surface area (TPSA) is 52.6 Å². The molecule has 0 bridgehead atoms. The van der Waals surface area contributed by atoms with E-state index < -0.39 is 17.4 Å². The molecule has 4 nitrogen and oxygen atoms in total. The molecule has 168 valence electrons. The lowest BCUT2D eigenvalue weighted by Gasteiger charge is -2.30. The molecule has 4 aromatic carbocycles. The minimum atomic E-state index is -1.49. The molecule has 0 atom stereocenters. The Bertz CT molecular complexity index is 1270. The Balaban J connectivity index is 1.84. The van der Waals surface area contributed by atoms with Gasteiger partial charge in [-0.05, 0) is 52.9 Å². The first-order valence-corrected chi connectivity index (χ1v) is 11.4. The number of hydrogen-bond acceptors (Lipinski definition) is 4. The number of benzene rings is 4. The molecule has 33 heavy (non-hydrogen) atoms. The van der Waals surface area contributed by atoms with E-state index >= 15 is 0 Å². The average Bonchev–Trinajstić information content (AvgIpc) is 2.84. The number of hydrogen-bond donors (Lipinski definition) is 0. The predicted molar refractivity (Wildman–Crippen MR) is 131 cm³/mol. The minimum Gasteiger partial charge on any atom is -0.465 e. The molecule has 4 aromatic rings. The fourth-order valence-electron chi connectivity index (χ4n) is 4.44. The van der Waals surface area contributed by atoms with Gasteiger partial charge in [-0.2, -0.15) is 0 Å². The van der Waals surface area contributed by atoms with Gasteiger partial charge in [0.15, 0.2) is 5.41 Å². The van der Waals surface area contributed by atoms with Crippen LogP contribution in [0.5, 0.6) is 0 Å². The Morgan fingerprint density at radius 1 is 0.667 bits per heavy atom. The monoisotopic (exact) mass is 440 g/mol. The first kappa shape index (κ1) is 22.5. The number of fused-ring (bicyclic) bond motifs is 2. The highest BCUT2D eigenvalue weighted by Crippen LogP contribution is 2.35. The first-order chi connectivity index (χ1) is 16.1. The molecule has 0 unspecified atom stereocenters. The highest BCUT2D eigenvalue weighted by atomic mass is 16.6. The summed E-state index contributed by atoms with van der Waals surface area (Å²) in [4.78, 5) is 26.9. The van der Waals surface area contributed by atoms with E-state index in [1.54, 1.807) is 13.8 Å². The Kier molecular flexibility index (Phi) is 6.74. The lowest BCUT2D eigenvalue weighted by Crippen LogP contribution is -2.46.